The minimum atomic E-state index is -3.55. The molecule has 0 aliphatic heterocycles. The van der Waals surface area contributed by atoms with Crippen LogP contribution in [0.4, 0.5) is 5.13 Å². The molecule has 3 aromatic rings. The Morgan fingerprint density at radius 2 is 2.12 bits per heavy atom. The van der Waals surface area contributed by atoms with Crippen molar-refractivity contribution in [2.45, 2.75) is 11.3 Å². The number of anilines is 1. The summed E-state index contributed by atoms with van der Waals surface area (Å²) in [5.41, 5.74) is 0.209. The highest BCUT2D eigenvalue weighted by molar-refractivity contribution is 9.10. The molecule has 1 amide bonds. The number of carbonyl (C=O) groups excluding carboxylic acids is 2. The minimum Gasteiger partial charge on any atom is -0.457 e. The molecule has 0 radical (unpaired) electrons. The summed E-state index contributed by atoms with van der Waals surface area (Å²) in [5, 5.41) is 18.8. The largest absolute Gasteiger partial charge is 0.457 e. The topological polar surface area (TPSA) is 152 Å². The summed E-state index contributed by atoms with van der Waals surface area (Å²) in [6, 6.07) is 9.36. The van der Waals surface area contributed by atoms with Gasteiger partial charge in [-0.25, -0.2) is 13.2 Å². The van der Waals surface area contributed by atoms with Gasteiger partial charge < -0.3 is 9.15 Å². The molecule has 1 aromatic carbocycles. The van der Waals surface area contributed by atoms with Gasteiger partial charge in [0.2, 0.25) is 25.1 Å². The van der Waals surface area contributed by atoms with Crippen molar-refractivity contribution in [1.82, 2.24) is 10.2 Å². The lowest BCUT2D eigenvalue weighted by Crippen LogP contribution is -2.13. The van der Waals surface area contributed by atoms with E-state index in [0.29, 0.717) is 21.4 Å². The number of nitrogens with zero attached hydrogens (tertiary/aromatic N) is 3. The van der Waals surface area contributed by atoms with E-state index < -0.39 is 21.7 Å². The maximum atomic E-state index is 12.4. The highest BCUT2D eigenvalue weighted by Gasteiger charge is 2.20. The van der Waals surface area contributed by atoms with Crippen molar-refractivity contribution in [1.29, 1.82) is 5.26 Å². The highest BCUT2D eigenvalue weighted by atomic mass is 79.9. The second-order valence-corrected chi connectivity index (χ2v) is 10.2. The van der Waals surface area contributed by atoms with Gasteiger partial charge in [-0.2, -0.15) is 5.26 Å². The van der Waals surface area contributed by atoms with Crippen LogP contribution >= 0.6 is 27.3 Å². The van der Waals surface area contributed by atoms with Gasteiger partial charge in [-0.05, 0) is 51.8 Å². The number of rotatable bonds is 7. The molecule has 0 fully saturated rings. The fourth-order valence-corrected chi connectivity index (χ4v) is 4.68. The van der Waals surface area contributed by atoms with Crippen LogP contribution in [0.1, 0.15) is 23.0 Å². The molecule has 3 rings (SSSR count). The molecule has 0 unspecified atom stereocenters. The highest BCUT2D eigenvalue weighted by Crippen LogP contribution is 2.28. The first-order valence-electron chi connectivity index (χ1n) is 8.78. The molecular formula is C19H13BrN4O6S2. The molecule has 2 heterocycles. The monoisotopic (exact) mass is 536 g/mol. The third kappa shape index (κ3) is 5.47. The molecule has 1 N–H and O–H groups in total. The summed E-state index contributed by atoms with van der Waals surface area (Å²) in [6.45, 7) is 1.47. The number of amides is 1. The van der Waals surface area contributed by atoms with Crippen LogP contribution in [0.25, 0.3) is 6.08 Å². The predicted molar refractivity (Wildman–Crippen MR) is 118 cm³/mol. The summed E-state index contributed by atoms with van der Waals surface area (Å²) in [4.78, 5) is 24.4. The summed E-state index contributed by atoms with van der Waals surface area (Å²) in [6.07, 6.45) is 2.66. The molecule has 10 nitrogen and oxygen atoms in total. The molecule has 0 aliphatic carbocycles. The Labute approximate surface area is 194 Å². The first-order chi connectivity index (χ1) is 15.2. The lowest BCUT2D eigenvalue weighted by Gasteiger charge is -2.06. The second-order valence-electron chi connectivity index (χ2n) is 5.96. The number of esters is 1. The molecule has 164 valence electrons. The van der Waals surface area contributed by atoms with Gasteiger partial charge in [0.25, 0.3) is 5.91 Å². The van der Waals surface area contributed by atoms with Crippen molar-refractivity contribution in [2.75, 3.05) is 11.1 Å². The molecule has 32 heavy (non-hydrogen) atoms. The predicted octanol–water partition coefficient (Wildman–Crippen LogP) is 3.45. The molecule has 13 heteroatoms. The number of carbonyl (C=O) groups is 2. The molecule has 0 atom stereocenters. The van der Waals surface area contributed by atoms with Crippen LogP contribution in [0.2, 0.25) is 0 Å². The quantitative estimate of drug-likeness (QED) is 0.157. The van der Waals surface area contributed by atoms with Crippen LogP contribution < -0.4 is 10.1 Å². The summed E-state index contributed by atoms with van der Waals surface area (Å²) in [7, 11) is -3.55. The second kappa shape index (κ2) is 9.86. The molecule has 0 aliphatic rings. The van der Waals surface area contributed by atoms with Crippen molar-refractivity contribution in [3.05, 3.63) is 58.0 Å². The number of nitriles is 1. The Morgan fingerprint density at radius 3 is 2.75 bits per heavy atom. The Balaban J connectivity index is 1.74. The number of benzene rings is 1. The van der Waals surface area contributed by atoms with Crippen LogP contribution in [-0.4, -0.2) is 36.2 Å². The standard InChI is InChI=1S/C19H13BrN4O6S2/c1-2-32(27,28)19-24-23-18(31-19)22-16(25)12(10-21)8-11-5-6-14(13(20)9-11)30-17(26)15-4-3-7-29-15/h3-9H,2H2,1H3,(H,22,23,25)/b12-8-. The number of furan rings is 1. The van der Waals surface area contributed by atoms with Gasteiger partial charge in [0, 0.05) is 0 Å². The maximum absolute atomic E-state index is 12.4. The third-order valence-corrected chi connectivity index (χ3v) is 7.47. The zero-order chi connectivity index (χ0) is 23.3. The minimum absolute atomic E-state index is 0.0379. The third-order valence-electron chi connectivity index (χ3n) is 3.83. The van der Waals surface area contributed by atoms with Gasteiger partial charge in [0.15, 0.2) is 0 Å². The average molecular weight is 537 g/mol. The lowest BCUT2D eigenvalue weighted by atomic mass is 10.1. The number of nitrogens with one attached hydrogen (secondary N) is 1. The SMILES string of the molecule is CCS(=O)(=O)c1nnc(NC(=O)/C(C#N)=C\c2ccc(OC(=O)c3ccco3)c(Br)c2)s1. The fraction of sp³-hybridized carbons (Fsp3) is 0.105. The van der Waals surface area contributed by atoms with E-state index in [1.165, 1.54) is 37.5 Å². The van der Waals surface area contributed by atoms with E-state index >= 15 is 0 Å². The Kier molecular flexibility index (Phi) is 7.18. The fourth-order valence-electron chi connectivity index (χ4n) is 2.22. The van der Waals surface area contributed by atoms with E-state index in [-0.39, 0.29) is 32.3 Å². The molecule has 0 spiro atoms. The molecule has 2 aromatic heterocycles. The number of ether oxygens (including phenoxy) is 1. The number of aromatic nitrogens is 2. The summed E-state index contributed by atoms with van der Waals surface area (Å²) >= 11 is 3.97. The van der Waals surface area contributed by atoms with E-state index in [0.717, 1.165) is 0 Å². The lowest BCUT2D eigenvalue weighted by molar-refractivity contribution is -0.112. The van der Waals surface area contributed by atoms with E-state index in [2.05, 4.69) is 31.4 Å². The van der Waals surface area contributed by atoms with Crippen molar-refractivity contribution >= 4 is 60.2 Å². The number of sulfone groups is 1. The zero-order valence-electron chi connectivity index (χ0n) is 16.2. The van der Waals surface area contributed by atoms with Crippen LogP contribution in [0, 0.1) is 11.3 Å². The van der Waals surface area contributed by atoms with Gasteiger partial charge >= 0.3 is 5.97 Å². The number of halogens is 1. The van der Waals surface area contributed by atoms with Crippen LogP contribution in [-0.2, 0) is 14.6 Å². The van der Waals surface area contributed by atoms with Gasteiger partial charge in [-0.15, -0.1) is 10.2 Å². The Bertz CT molecular complexity index is 1340. The van der Waals surface area contributed by atoms with E-state index in [9.17, 15) is 23.3 Å². The van der Waals surface area contributed by atoms with Crippen LogP contribution in [0.15, 0.2) is 55.4 Å². The van der Waals surface area contributed by atoms with Gasteiger partial charge in [0.1, 0.15) is 17.4 Å². The first-order valence-corrected chi connectivity index (χ1v) is 12.0. The van der Waals surface area contributed by atoms with Crippen molar-refractivity contribution < 1.29 is 27.2 Å². The smallest absolute Gasteiger partial charge is 0.379 e. The molecule has 0 saturated heterocycles. The van der Waals surface area contributed by atoms with Gasteiger partial charge in [-0.1, -0.05) is 24.3 Å². The Hall–Kier alpha value is -3.34. The summed E-state index contributed by atoms with van der Waals surface area (Å²) in [5.74, 6) is -1.37. The molecular weight excluding hydrogens is 524 g/mol. The number of hydrogen-bond donors (Lipinski definition) is 1. The maximum Gasteiger partial charge on any atom is 0.379 e. The van der Waals surface area contributed by atoms with Crippen molar-refractivity contribution in [3.8, 4) is 11.8 Å². The van der Waals surface area contributed by atoms with Crippen LogP contribution in [0.5, 0.6) is 5.75 Å². The average Bonchev–Trinajstić information content (AvgIpc) is 3.46. The van der Waals surface area contributed by atoms with Gasteiger partial charge in [0.05, 0.1) is 16.5 Å². The van der Waals surface area contributed by atoms with E-state index in [1.807, 2.05) is 0 Å². The normalized spacial score (nSPS) is 11.6. The zero-order valence-corrected chi connectivity index (χ0v) is 19.5. The first kappa shape index (κ1) is 23.3. The van der Waals surface area contributed by atoms with Crippen molar-refractivity contribution in [2.24, 2.45) is 0 Å². The Morgan fingerprint density at radius 1 is 1.34 bits per heavy atom. The van der Waals surface area contributed by atoms with E-state index in [4.69, 9.17) is 9.15 Å². The molecule has 0 bridgehead atoms. The van der Waals surface area contributed by atoms with Crippen molar-refractivity contribution in [3.63, 3.8) is 0 Å². The van der Waals surface area contributed by atoms with Gasteiger partial charge in [-0.3, -0.25) is 10.1 Å². The van der Waals surface area contributed by atoms with E-state index in [1.54, 1.807) is 18.2 Å². The number of hydrogen-bond acceptors (Lipinski definition) is 10. The van der Waals surface area contributed by atoms with Crippen LogP contribution in [0.3, 0.4) is 0 Å². The summed E-state index contributed by atoms with van der Waals surface area (Å²) < 4.78 is 34.0. The molecule has 0 saturated carbocycles.